The quantitative estimate of drug-likeness (QED) is 0.378. The first-order valence-corrected chi connectivity index (χ1v) is 11.6. The van der Waals surface area contributed by atoms with Crippen molar-refractivity contribution in [1.82, 2.24) is 20.5 Å². The van der Waals surface area contributed by atoms with E-state index in [1.54, 1.807) is 0 Å². The predicted octanol–water partition coefficient (Wildman–Crippen LogP) is 3.56. The van der Waals surface area contributed by atoms with Gasteiger partial charge in [0.15, 0.2) is 0 Å². The number of hydrogen-bond acceptors (Lipinski definition) is 5. The number of carbonyl (C=O) groups excluding carboxylic acids is 1. The minimum Gasteiger partial charge on any atom is -0.493 e. The third-order valence-corrected chi connectivity index (χ3v) is 5.51. The third kappa shape index (κ3) is 6.87. The highest BCUT2D eigenvalue weighted by Crippen LogP contribution is 2.27. The molecular weight excluding hydrogens is 418 g/mol. The minimum atomic E-state index is -0.237. The van der Waals surface area contributed by atoms with E-state index in [2.05, 4.69) is 44.9 Å². The van der Waals surface area contributed by atoms with E-state index in [0.717, 1.165) is 55.7 Å². The summed E-state index contributed by atoms with van der Waals surface area (Å²) >= 11 is 0. The number of aromatic amines is 1. The van der Waals surface area contributed by atoms with Crippen molar-refractivity contribution in [2.75, 3.05) is 51.2 Å². The van der Waals surface area contributed by atoms with Crippen molar-refractivity contribution in [3.05, 3.63) is 54.2 Å². The number of carbonyl (C=O) groups is 1. The molecular formula is C25H33N5O3. The number of ether oxygens (including phenoxy) is 2. The summed E-state index contributed by atoms with van der Waals surface area (Å²) < 4.78 is 11.8. The van der Waals surface area contributed by atoms with E-state index < -0.39 is 0 Å². The molecule has 8 nitrogen and oxygen atoms in total. The predicted molar refractivity (Wildman–Crippen MR) is 131 cm³/mol. The van der Waals surface area contributed by atoms with Crippen molar-refractivity contribution in [3.63, 3.8) is 0 Å². The second kappa shape index (κ2) is 11.6. The molecule has 1 aromatic heterocycles. The highest BCUT2D eigenvalue weighted by atomic mass is 16.5. The maximum absolute atomic E-state index is 12.4. The number of benzene rings is 2. The molecule has 0 bridgehead atoms. The van der Waals surface area contributed by atoms with Gasteiger partial charge in [0.05, 0.1) is 12.3 Å². The molecule has 1 aliphatic rings. The Balaban J connectivity index is 1.35. The van der Waals surface area contributed by atoms with Crippen molar-refractivity contribution in [2.45, 2.75) is 20.0 Å². The number of nitrogens with zero attached hydrogens (tertiary/aromatic N) is 1. The molecule has 1 aliphatic heterocycles. The van der Waals surface area contributed by atoms with Crippen LogP contribution in [0.15, 0.2) is 48.5 Å². The van der Waals surface area contributed by atoms with Crippen LogP contribution in [-0.2, 0) is 6.61 Å². The van der Waals surface area contributed by atoms with Crippen LogP contribution in [0.2, 0.25) is 0 Å². The molecule has 2 heterocycles. The zero-order valence-electron chi connectivity index (χ0n) is 19.2. The normalized spacial score (nSPS) is 14.2. The van der Waals surface area contributed by atoms with Gasteiger partial charge in [-0.05, 0) is 23.9 Å². The summed E-state index contributed by atoms with van der Waals surface area (Å²) in [5.74, 6) is 1.31. The van der Waals surface area contributed by atoms with Gasteiger partial charge in [-0.15, -0.1) is 0 Å². The van der Waals surface area contributed by atoms with Crippen molar-refractivity contribution in [3.8, 4) is 11.5 Å². The Labute approximate surface area is 194 Å². The lowest BCUT2D eigenvalue weighted by molar-refractivity contribution is 0.233. The van der Waals surface area contributed by atoms with Gasteiger partial charge in [0.25, 0.3) is 0 Å². The Kier molecular flexibility index (Phi) is 8.05. The SMILES string of the molecule is CCCOc1cc(NC(=O)NCCN2CCNCC2)cc(OCc2cc3ccccc3[nH]2)c1. The lowest BCUT2D eigenvalue weighted by Gasteiger charge is -2.27. The number of fused-ring (bicyclic) bond motifs is 1. The van der Waals surface area contributed by atoms with Crippen molar-refractivity contribution < 1.29 is 14.3 Å². The van der Waals surface area contributed by atoms with E-state index in [1.807, 2.05) is 36.4 Å². The van der Waals surface area contributed by atoms with E-state index in [1.165, 1.54) is 0 Å². The summed E-state index contributed by atoms with van der Waals surface area (Å²) in [7, 11) is 0. The highest BCUT2D eigenvalue weighted by Gasteiger charge is 2.11. The number of anilines is 1. The Bertz CT molecular complexity index is 1010. The van der Waals surface area contributed by atoms with Gasteiger partial charge in [0.1, 0.15) is 18.1 Å². The number of amides is 2. The van der Waals surface area contributed by atoms with E-state index in [-0.39, 0.29) is 6.03 Å². The Morgan fingerprint density at radius 3 is 2.64 bits per heavy atom. The first-order chi connectivity index (χ1) is 16.2. The highest BCUT2D eigenvalue weighted by molar-refractivity contribution is 5.89. The first kappa shape index (κ1) is 22.9. The first-order valence-electron chi connectivity index (χ1n) is 11.6. The van der Waals surface area contributed by atoms with Gasteiger partial charge in [-0.2, -0.15) is 0 Å². The molecule has 0 spiro atoms. The molecule has 0 radical (unpaired) electrons. The van der Waals surface area contributed by atoms with Crippen LogP contribution in [0.3, 0.4) is 0 Å². The standard InChI is InChI=1S/C25H33N5O3/c1-2-13-32-22-15-20(29-25(31)27-9-12-30-10-7-26-8-11-30)16-23(17-22)33-18-21-14-19-5-3-4-6-24(19)28-21/h3-6,14-17,26,28H,2,7-13,18H2,1H3,(H2,27,29,31). The average molecular weight is 452 g/mol. The van der Waals surface area contributed by atoms with Crippen LogP contribution >= 0.6 is 0 Å². The van der Waals surface area contributed by atoms with Crippen LogP contribution < -0.4 is 25.4 Å². The zero-order chi connectivity index (χ0) is 22.9. The fourth-order valence-electron chi connectivity index (χ4n) is 3.84. The van der Waals surface area contributed by atoms with Gasteiger partial charge >= 0.3 is 6.03 Å². The second-order valence-corrected chi connectivity index (χ2v) is 8.18. The smallest absolute Gasteiger partial charge is 0.319 e. The number of para-hydroxylation sites is 1. The maximum Gasteiger partial charge on any atom is 0.319 e. The van der Waals surface area contributed by atoms with Gasteiger partial charge in [-0.3, -0.25) is 4.90 Å². The van der Waals surface area contributed by atoms with Crippen LogP contribution in [0, 0.1) is 0 Å². The molecule has 0 atom stereocenters. The molecule has 0 unspecified atom stereocenters. The monoisotopic (exact) mass is 451 g/mol. The van der Waals surface area contributed by atoms with Crippen molar-refractivity contribution >= 4 is 22.6 Å². The van der Waals surface area contributed by atoms with Crippen LogP contribution in [0.1, 0.15) is 19.0 Å². The Morgan fingerprint density at radius 2 is 1.85 bits per heavy atom. The van der Waals surface area contributed by atoms with Crippen LogP contribution in [0.4, 0.5) is 10.5 Å². The fourth-order valence-corrected chi connectivity index (χ4v) is 3.84. The van der Waals surface area contributed by atoms with Gasteiger partial charge in [-0.25, -0.2) is 4.79 Å². The largest absolute Gasteiger partial charge is 0.493 e. The van der Waals surface area contributed by atoms with Crippen molar-refractivity contribution in [1.29, 1.82) is 0 Å². The molecule has 0 saturated carbocycles. The summed E-state index contributed by atoms with van der Waals surface area (Å²) in [6, 6.07) is 15.5. The van der Waals surface area contributed by atoms with Gasteiger partial charge < -0.3 is 30.4 Å². The number of hydrogen-bond donors (Lipinski definition) is 4. The van der Waals surface area contributed by atoms with Gasteiger partial charge in [0, 0.05) is 68.7 Å². The topological polar surface area (TPSA) is 90.7 Å². The van der Waals surface area contributed by atoms with Crippen LogP contribution in [0.5, 0.6) is 11.5 Å². The summed E-state index contributed by atoms with van der Waals surface area (Å²) in [5, 5.41) is 10.3. The summed E-state index contributed by atoms with van der Waals surface area (Å²) in [6.45, 7) is 8.50. The van der Waals surface area contributed by atoms with E-state index in [0.29, 0.717) is 36.9 Å². The molecule has 1 saturated heterocycles. The summed E-state index contributed by atoms with van der Waals surface area (Å²) in [4.78, 5) is 18.1. The van der Waals surface area contributed by atoms with E-state index in [9.17, 15) is 4.79 Å². The number of H-pyrrole nitrogens is 1. The summed E-state index contributed by atoms with van der Waals surface area (Å²) in [6.07, 6.45) is 0.898. The molecule has 2 amide bonds. The zero-order valence-corrected chi connectivity index (χ0v) is 19.2. The number of urea groups is 1. The molecule has 33 heavy (non-hydrogen) atoms. The second-order valence-electron chi connectivity index (χ2n) is 8.18. The lowest BCUT2D eigenvalue weighted by Crippen LogP contribution is -2.46. The number of nitrogens with one attached hydrogen (secondary N) is 4. The molecule has 8 heteroatoms. The minimum absolute atomic E-state index is 0.237. The van der Waals surface area contributed by atoms with Gasteiger partial charge in [-0.1, -0.05) is 25.1 Å². The van der Waals surface area contributed by atoms with Crippen LogP contribution in [-0.4, -0.2) is 61.8 Å². The summed E-state index contributed by atoms with van der Waals surface area (Å²) in [5.41, 5.74) is 2.70. The third-order valence-electron chi connectivity index (χ3n) is 5.51. The maximum atomic E-state index is 12.4. The van der Waals surface area contributed by atoms with Crippen molar-refractivity contribution in [2.24, 2.45) is 0 Å². The molecule has 1 fully saturated rings. The Morgan fingerprint density at radius 1 is 1.06 bits per heavy atom. The molecule has 2 aromatic carbocycles. The van der Waals surface area contributed by atoms with Crippen LogP contribution in [0.25, 0.3) is 10.9 Å². The van der Waals surface area contributed by atoms with E-state index in [4.69, 9.17) is 9.47 Å². The molecule has 176 valence electrons. The fraction of sp³-hybridized carbons (Fsp3) is 0.400. The molecule has 3 aromatic rings. The number of rotatable bonds is 10. The average Bonchev–Trinajstić information content (AvgIpc) is 3.25. The Hall–Kier alpha value is -3.23. The molecule has 4 N–H and O–H groups in total. The van der Waals surface area contributed by atoms with Gasteiger partial charge in [0.2, 0.25) is 0 Å². The van der Waals surface area contributed by atoms with E-state index >= 15 is 0 Å². The molecule has 0 aliphatic carbocycles. The number of piperazine rings is 1. The number of aromatic nitrogens is 1. The lowest BCUT2D eigenvalue weighted by atomic mass is 10.2. The molecule has 4 rings (SSSR count).